The highest BCUT2D eigenvalue weighted by molar-refractivity contribution is 8.00. The van der Waals surface area contributed by atoms with Gasteiger partial charge in [-0.15, -0.1) is 11.8 Å². The van der Waals surface area contributed by atoms with E-state index in [0.717, 1.165) is 34.0 Å². The van der Waals surface area contributed by atoms with Gasteiger partial charge in [-0.2, -0.15) is 5.10 Å². The van der Waals surface area contributed by atoms with Gasteiger partial charge >= 0.3 is 0 Å². The molecule has 2 aromatic rings. The lowest BCUT2D eigenvalue weighted by atomic mass is 9.53. The molecule has 1 aromatic heterocycles. The monoisotopic (exact) mass is 435 g/mol. The van der Waals surface area contributed by atoms with Crippen molar-refractivity contribution in [1.29, 1.82) is 0 Å². The molecule has 5 saturated carbocycles. The molecule has 0 aliphatic heterocycles. The Kier molecular flexibility index (Phi) is 5.13. The third-order valence-corrected chi connectivity index (χ3v) is 9.64. The zero-order valence-corrected chi connectivity index (χ0v) is 19.1. The predicted octanol–water partition coefficient (Wildman–Crippen LogP) is 6.00. The highest BCUT2D eigenvalue weighted by atomic mass is 32.2. The van der Waals surface area contributed by atoms with Gasteiger partial charge in [-0.1, -0.05) is 37.5 Å². The lowest BCUT2D eigenvalue weighted by molar-refractivity contribution is -0.0167. The van der Waals surface area contributed by atoms with Crippen LogP contribution in [0.5, 0.6) is 0 Å². The first-order valence-corrected chi connectivity index (χ1v) is 13.2. The average molecular weight is 436 g/mol. The molecule has 5 fully saturated rings. The normalized spacial score (nSPS) is 32.3. The number of hydrogen-bond donors (Lipinski definition) is 1. The zero-order chi connectivity index (χ0) is 20.8. The van der Waals surface area contributed by atoms with Crippen LogP contribution in [0.3, 0.4) is 0 Å². The summed E-state index contributed by atoms with van der Waals surface area (Å²) >= 11 is 1.88. The molecule has 31 heavy (non-hydrogen) atoms. The molecule has 164 valence electrons. The van der Waals surface area contributed by atoms with Crippen LogP contribution in [0.15, 0.2) is 41.6 Å². The SMILES string of the molecule is O=C(NC12CC3CC(CC(C3)C1)C2)c1cnn(-c2ccccc2)c1SC1CCCCC1. The van der Waals surface area contributed by atoms with E-state index in [1.54, 1.807) is 0 Å². The van der Waals surface area contributed by atoms with Crippen LogP contribution in [0.4, 0.5) is 0 Å². The van der Waals surface area contributed by atoms with Gasteiger partial charge in [-0.05, 0) is 81.3 Å². The minimum absolute atomic E-state index is 0.0352. The summed E-state index contributed by atoms with van der Waals surface area (Å²) in [5.41, 5.74) is 1.85. The van der Waals surface area contributed by atoms with E-state index < -0.39 is 0 Å². The molecule has 4 bridgehead atoms. The minimum atomic E-state index is 0.0352. The molecule has 1 N–H and O–H groups in total. The van der Waals surface area contributed by atoms with Crippen LogP contribution in [0, 0.1) is 17.8 Å². The van der Waals surface area contributed by atoms with Gasteiger partial charge in [0, 0.05) is 10.8 Å². The van der Waals surface area contributed by atoms with E-state index in [1.807, 2.05) is 40.8 Å². The van der Waals surface area contributed by atoms with Gasteiger partial charge in [0.25, 0.3) is 5.91 Å². The molecule has 0 unspecified atom stereocenters. The molecule has 7 rings (SSSR count). The molecule has 5 heteroatoms. The number of para-hydroxylation sites is 1. The minimum Gasteiger partial charge on any atom is -0.346 e. The van der Waals surface area contributed by atoms with Crippen LogP contribution in [0.1, 0.15) is 81.0 Å². The summed E-state index contributed by atoms with van der Waals surface area (Å²) in [6, 6.07) is 10.3. The van der Waals surface area contributed by atoms with Gasteiger partial charge in [0.2, 0.25) is 0 Å². The fourth-order valence-corrected chi connectivity index (χ4v) is 8.68. The quantitative estimate of drug-likeness (QED) is 0.627. The van der Waals surface area contributed by atoms with E-state index in [-0.39, 0.29) is 11.4 Å². The highest BCUT2D eigenvalue weighted by Crippen LogP contribution is 2.55. The molecular formula is C26H33N3OS. The van der Waals surface area contributed by atoms with Crippen molar-refractivity contribution in [2.75, 3.05) is 0 Å². The topological polar surface area (TPSA) is 46.9 Å². The summed E-state index contributed by atoms with van der Waals surface area (Å²) in [6.45, 7) is 0. The summed E-state index contributed by atoms with van der Waals surface area (Å²) in [7, 11) is 0. The number of rotatable bonds is 5. The zero-order valence-electron chi connectivity index (χ0n) is 18.3. The maximum atomic E-state index is 13.7. The van der Waals surface area contributed by atoms with E-state index in [9.17, 15) is 4.79 Å². The summed E-state index contributed by atoms with van der Waals surface area (Å²) in [5.74, 6) is 2.58. The van der Waals surface area contributed by atoms with E-state index in [4.69, 9.17) is 5.10 Å². The van der Waals surface area contributed by atoms with E-state index >= 15 is 0 Å². The summed E-state index contributed by atoms with van der Waals surface area (Å²) in [4.78, 5) is 13.7. The van der Waals surface area contributed by atoms with Crippen LogP contribution in [0.25, 0.3) is 5.69 Å². The Balaban J connectivity index is 1.29. The fourth-order valence-electron chi connectivity index (χ4n) is 7.27. The third-order valence-electron chi connectivity index (χ3n) is 8.22. The summed E-state index contributed by atoms with van der Waals surface area (Å²) < 4.78 is 1.99. The van der Waals surface area contributed by atoms with Crippen molar-refractivity contribution in [2.45, 2.75) is 86.4 Å². The molecule has 0 radical (unpaired) electrons. The van der Waals surface area contributed by atoms with Crippen LogP contribution in [-0.4, -0.2) is 26.5 Å². The molecular weight excluding hydrogens is 402 g/mol. The maximum absolute atomic E-state index is 13.7. The smallest absolute Gasteiger partial charge is 0.256 e. The Morgan fingerprint density at radius 2 is 1.61 bits per heavy atom. The van der Waals surface area contributed by atoms with Gasteiger partial charge in [-0.25, -0.2) is 4.68 Å². The number of hydrogen-bond acceptors (Lipinski definition) is 3. The van der Waals surface area contributed by atoms with Crippen molar-refractivity contribution in [3.63, 3.8) is 0 Å². The number of thioether (sulfide) groups is 1. The Morgan fingerprint density at radius 3 is 2.26 bits per heavy atom. The molecule has 0 saturated heterocycles. The molecule has 0 atom stereocenters. The van der Waals surface area contributed by atoms with Crippen LogP contribution in [-0.2, 0) is 0 Å². The highest BCUT2D eigenvalue weighted by Gasteiger charge is 2.51. The first-order valence-electron chi connectivity index (χ1n) is 12.3. The second-order valence-electron chi connectivity index (χ2n) is 10.6. The van der Waals surface area contributed by atoms with E-state index in [0.29, 0.717) is 5.25 Å². The van der Waals surface area contributed by atoms with Crippen molar-refractivity contribution in [3.05, 3.63) is 42.1 Å². The Labute approximate surface area is 189 Å². The molecule has 4 nitrogen and oxygen atoms in total. The van der Waals surface area contributed by atoms with Crippen molar-refractivity contribution in [1.82, 2.24) is 15.1 Å². The number of carbonyl (C=O) groups is 1. The van der Waals surface area contributed by atoms with E-state index in [1.165, 1.54) is 70.6 Å². The van der Waals surface area contributed by atoms with Crippen LogP contribution in [0.2, 0.25) is 0 Å². The predicted molar refractivity (Wildman–Crippen MR) is 125 cm³/mol. The number of carbonyl (C=O) groups excluding carboxylic acids is 1. The number of benzene rings is 1. The third kappa shape index (κ3) is 3.83. The number of nitrogens with one attached hydrogen (secondary N) is 1. The second-order valence-corrected chi connectivity index (χ2v) is 11.9. The molecule has 1 heterocycles. The van der Waals surface area contributed by atoms with Gasteiger partial charge in [-0.3, -0.25) is 4.79 Å². The van der Waals surface area contributed by atoms with Crippen molar-refractivity contribution < 1.29 is 4.79 Å². The fraction of sp³-hybridized carbons (Fsp3) is 0.615. The van der Waals surface area contributed by atoms with Gasteiger partial charge in [0.1, 0.15) is 5.03 Å². The lowest BCUT2D eigenvalue weighted by Gasteiger charge is -2.56. The number of nitrogens with zero attached hydrogens (tertiary/aromatic N) is 2. The molecule has 5 aliphatic rings. The Morgan fingerprint density at radius 1 is 0.968 bits per heavy atom. The molecule has 1 amide bonds. The number of aromatic nitrogens is 2. The van der Waals surface area contributed by atoms with Gasteiger partial charge in [0.05, 0.1) is 17.4 Å². The largest absolute Gasteiger partial charge is 0.346 e. The van der Waals surface area contributed by atoms with Gasteiger partial charge in [0.15, 0.2) is 0 Å². The van der Waals surface area contributed by atoms with E-state index in [2.05, 4.69) is 17.4 Å². The maximum Gasteiger partial charge on any atom is 0.256 e. The van der Waals surface area contributed by atoms with Crippen molar-refractivity contribution in [3.8, 4) is 5.69 Å². The molecule has 1 aromatic carbocycles. The Bertz CT molecular complexity index is 912. The number of amides is 1. The second kappa shape index (κ2) is 7.99. The van der Waals surface area contributed by atoms with Crippen LogP contribution >= 0.6 is 11.8 Å². The van der Waals surface area contributed by atoms with Crippen molar-refractivity contribution in [2.24, 2.45) is 17.8 Å². The average Bonchev–Trinajstić information content (AvgIpc) is 3.17. The lowest BCUT2D eigenvalue weighted by Crippen LogP contribution is -2.59. The Hall–Kier alpha value is -1.75. The first kappa shape index (κ1) is 19.9. The summed E-state index contributed by atoms with van der Waals surface area (Å²) in [6.07, 6.45) is 16.0. The van der Waals surface area contributed by atoms with Crippen molar-refractivity contribution >= 4 is 17.7 Å². The molecule has 0 spiro atoms. The van der Waals surface area contributed by atoms with Gasteiger partial charge < -0.3 is 5.32 Å². The molecule has 5 aliphatic carbocycles. The summed E-state index contributed by atoms with van der Waals surface area (Å²) in [5, 5.41) is 9.89. The standard InChI is InChI=1S/C26H33N3OS/c30-24(28-26-14-18-11-19(15-26)13-20(12-18)16-26)23-17-27-29(21-7-3-1-4-8-21)25(23)31-22-9-5-2-6-10-22/h1,3-4,7-8,17-20,22H,2,5-6,9-16H2,(H,28,30). The first-order chi connectivity index (χ1) is 15.2. The van der Waals surface area contributed by atoms with Crippen LogP contribution < -0.4 is 5.32 Å².